The van der Waals surface area contributed by atoms with E-state index in [1.165, 1.54) is 12.1 Å². The second-order valence-electron chi connectivity index (χ2n) is 7.35. The third kappa shape index (κ3) is 4.04. The standard InChI is InChI=1S/C20H20BrClFNO2/c1-20(2,3)26-19(25)24-17(12-4-7-14(23)8-5-12)9-6-13-10-16(22)15(21)11-18(13)24/h4-5,7-8,10-11,17H,6,9H2,1-3H3. The van der Waals surface area contributed by atoms with Crippen LogP contribution in [-0.2, 0) is 11.2 Å². The van der Waals surface area contributed by atoms with E-state index in [9.17, 15) is 9.18 Å². The summed E-state index contributed by atoms with van der Waals surface area (Å²) < 4.78 is 19.7. The molecule has 3 rings (SSSR count). The number of benzene rings is 2. The molecular formula is C20H20BrClFNO2. The van der Waals surface area contributed by atoms with Crippen molar-refractivity contribution in [3.8, 4) is 0 Å². The molecule has 0 aromatic heterocycles. The first kappa shape index (κ1) is 19.2. The number of nitrogens with zero attached hydrogens (tertiary/aromatic N) is 1. The van der Waals surface area contributed by atoms with E-state index in [-0.39, 0.29) is 11.9 Å². The van der Waals surface area contributed by atoms with Crippen molar-refractivity contribution in [1.29, 1.82) is 0 Å². The number of carbonyl (C=O) groups is 1. The van der Waals surface area contributed by atoms with E-state index >= 15 is 0 Å². The van der Waals surface area contributed by atoms with Crippen molar-refractivity contribution < 1.29 is 13.9 Å². The number of hydrogen-bond donors (Lipinski definition) is 0. The highest BCUT2D eigenvalue weighted by Gasteiger charge is 2.35. The summed E-state index contributed by atoms with van der Waals surface area (Å²) in [7, 11) is 0. The fourth-order valence-corrected chi connectivity index (χ4v) is 3.65. The minimum Gasteiger partial charge on any atom is -0.443 e. The highest BCUT2D eigenvalue weighted by Crippen LogP contribution is 2.42. The molecule has 1 aliphatic rings. The number of ether oxygens (including phenoxy) is 1. The number of aryl methyl sites for hydroxylation is 1. The summed E-state index contributed by atoms with van der Waals surface area (Å²) in [6.45, 7) is 5.50. The van der Waals surface area contributed by atoms with Gasteiger partial charge >= 0.3 is 6.09 Å². The summed E-state index contributed by atoms with van der Waals surface area (Å²) in [5, 5.41) is 0.605. The summed E-state index contributed by atoms with van der Waals surface area (Å²) in [6, 6.07) is 9.74. The van der Waals surface area contributed by atoms with Gasteiger partial charge in [0.15, 0.2) is 0 Å². The first-order valence-electron chi connectivity index (χ1n) is 8.41. The maximum absolute atomic E-state index is 13.3. The molecule has 1 amide bonds. The Kier molecular flexibility index (Phi) is 5.31. The lowest BCUT2D eigenvalue weighted by Crippen LogP contribution is -2.42. The molecular weight excluding hydrogens is 421 g/mol. The number of amides is 1. The van der Waals surface area contributed by atoms with Gasteiger partial charge in [-0.05, 0) is 84.9 Å². The molecule has 1 aliphatic heterocycles. The Morgan fingerprint density at radius 1 is 1.27 bits per heavy atom. The minimum atomic E-state index is -0.619. The van der Waals surface area contributed by atoms with Gasteiger partial charge in [0.1, 0.15) is 11.4 Å². The van der Waals surface area contributed by atoms with Gasteiger partial charge < -0.3 is 4.74 Å². The number of rotatable bonds is 1. The van der Waals surface area contributed by atoms with E-state index in [1.807, 2.05) is 32.9 Å². The number of fused-ring (bicyclic) bond motifs is 1. The summed E-state index contributed by atoms with van der Waals surface area (Å²) >= 11 is 9.66. The van der Waals surface area contributed by atoms with Gasteiger partial charge in [0.25, 0.3) is 0 Å². The van der Waals surface area contributed by atoms with E-state index < -0.39 is 11.7 Å². The van der Waals surface area contributed by atoms with Crippen molar-refractivity contribution in [3.05, 3.63) is 62.8 Å². The van der Waals surface area contributed by atoms with E-state index in [0.29, 0.717) is 15.9 Å². The second kappa shape index (κ2) is 7.20. The van der Waals surface area contributed by atoms with Crippen LogP contribution in [0.3, 0.4) is 0 Å². The van der Waals surface area contributed by atoms with Crippen molar-refractivity contribution >= 4 is 39.3 Å². The topological polar surface area (TPSA) is 29.5 Å². The van der Waals surface area contributed by atoms with Crippen LogP contribution in [0.2, 0.25) is 5.02 Å². The van der Waals surface area contributed by atoms with E-state index in [2.05, 4.69) is 15.9 Å². The summed E-state index contributed by atoms with van der Waals surface area (Å²) in [4.78, 5) is 14.7. The zero-order valence-electron chi connectivity index (χ0n) is 14.9. The van der Waals surface area contributed by atoms with Crippen molar-refractivity contribution in [1.82, 2.24) is 0 Å². The Labute approximate surface area is 166 Å². The average molecular weight is 441 g/mol. The number of hydrogen-bond acceptors (Lipinski definition) is 2. The molecule has 0 N–H and O–H groups in total. The zero-order valence-corrected chi connectivity index (χ0v) is 17.2. The molecule has 0 saturated heterocycles. The molecule has 1 unspecified atom stereocenters. The average Bonchev–Trinajstić information content (AvgIpc) is 2.54. The quantitative estimate of drug-likeness (QED) is 0.495. The summed E-state index contributed by atoms with van der Waals surface area (Å²) in [5.41, 5.74) is 2.00. The normalized spacial score (nSPS) is 17.0. The molecule has 2 aromatic carbocycles. The fourth-order valence-electron chi connectivity index (χ4n) is 3.13. The molecule has 0 radical (unpaired) electrons. The van der Waals surface area contributed by atoms with E-state index in [0.717, 1.165) is 23.2 Å². The van der Waals surface area contributed by atoms with E-state index in [4.69, 9.17) is 16.3 Å². The molecule has 6 heteroatoms. The maximum Gasteiger partial charge on any atom is 0.415 e. The SMILES string of the molecule is CC(C)(C)OC(=O)N1c2cc(Br)c(Cl)cc2CCC1c1ccc(F)cc1. The van der Waals surface area contributed by atoms with Crippen LogP contribution in [0.4, 0.5) is 14.9 Å². The Balaban J connectivity index is 2.08. The zero-order chi connectivity index (χ0) is 19.1. The Bertz CT molecular complexity index is 833. The summed E-state index contributed by atoms with van der Waals surface area (Å²) in [5.74, 6) is -0.302. The third-order valence-corrected chi connectivity index (χ3v) is 5.42. The number of halogens is 3. The first-order chi connectivity index (χ1) is 12.2. The maximum atomic E-state index is 13.3. The molecule has 2 aromatic rings. The Morgan fingerprint density at radius 3 is 2.54 bits per heavy atom. The molecule has 1 heterocycles. The molecule has 0 bridgehead atoms. The van der Waals surface area contributed by atoms with Gasteiger partial charge in [-0.2, -0.15) is 0 Å². The molecule has 0 spiro atoms. The number of anilines is 1. The van der Waals surface area contributed by atoms with Crippen LogP contribution in [0.15, 0.2) is 40.9 Å². The number of carbonyl (C=O) groups excluding carboxylic acids is 1. The molecule has 0 aliphatic carbocycles. The fraction of sp³-hybridized carbons (Fsp3) is 0.350. The lowest BCUT2D eigenvalue weighted by Gasteiger charge is -2.38. The highest BCUT2D eigenvalue weighted by atomic mass is 79.9. The van der Waals surface area contributed by atoms with E-state index in [1.54, 1.807) is 17.0 Å². The van der Waals surface area contributed by atoms with Crippen molar-refractivity contribution in [2.75, 3.05) is 4.90 Å². The molecule has 1 atom stereocenters. The van der Waals surface area contributed by atoms with Crippen LogP contribution >= 0.6 is 27.5 Å². The largest absolute Gasteiger partial charge is 0.443 e. The molecule has 0 fully saturated rings. The van der Waals surface area contributed by atoms with Gasteiger partial charge in [-0.15, -0.1) is 0 Å². The van der Waals surface area contributed by atoms with Gasteiger partial charge in [0.05, 0.1) is 16.8 Å². The van der Waals surface area contributed by atoms with Crippen molar-refractivity contribution in [2.24, 2.45) is 0 Å². The van der Waals surface area contributed by atoms with Gasteiger partial charge in [0.2, 0.25) is 0 Å². The predicted molar refractivity (Wildman–Crippen MR) is 105 cm³/mol. The second-order valence-corrected chi connectivity index (χ2v) is 8.61. The predicted octanol–water partition coefficient (Wildman–Crippen LogP) is 6.67. The smallest absolute Gasteiger partial charge is 0.415 e. The Morgan fingerprint density at radius 2 is 1.92 bits per heavy atom. The Hall–Kier alpha value is -1.59. The first-order valence-corrected chi connectivity index (χ1v) is 9.58. The van der Waals surface area contributed by atoms with Crippen LogP contribution < -0.4 is 4.90 Å². The van der Waals surface area contributed by atoms with Crippen LogP contribution in [0, 0.1) is 5.82 Å². The van der Waals surface area contributed by atoms with Gasteiger partial charge in [-0.25, -0.2) is 9.18 Å². The van der Waals surface area contributed by atoms with Crippen LogP contribution in [-0.4, -0.2) is 11.7 Å². The lowest BCUT2D eigenvalue weighted by atomic mass is 9.91. The van der Waals surface area contributed by atoms with Gasteiger partial charge in [0, 0.05) is 4.47 Å². The van der Waals surface area contributed by atoms with Crippen LogP contribution in [0.1, 0.15) is 44.4 Å². The van der Waals surface area contributed by atoms with Crippen LogP contribution in [0.25, 0.3) is 0 Å². The summed E-state index contributed by atoms with van der Waals surface area (Å²) in [6.07, 6.45) is 1.04. The van der Waals surface area contributed by atoms with Crippen molar-refractivity contribution in [2.45, 2.75) is 45.3 Å². The minimum absolute atomic E-state index is 0.231. The van der Waals surface area contributed by atoms with Gasteiger partial charge in [-0.3, -0.25) is 4.90 Å². The lowest BCUT2D eigenvalue weighted by molar-refractivity contribution is 0.0560. The van der Waals surface area contributed by atoms with Crippen LogP contribution in [0.5, 0.6) is 0 Å². The van der Waals surface area contributed by atoms with Crippen molar-refractivity contribution in [3.63, 3.8) is 0 Å². The molecule has 0 saturated carbocycles. The third-order valence-electron chi connectivity index (χ3n) is 4.22. The van der Waals surface area contributed by atoms with Gasteiger partial charge in [-0.1, -0.05) is 23.7 Å². The highest BCUT2D eigenvalue weighted by molar-refractivity contribution is 9.10. The molecule has 3 nitrogen and oxygen atoms in total. The molecule has 26 heavy (non-hydrogen) atoms. The monoisotopic (exact) mass is 439 g/mol. The molecule has 138 valence electrons.